The quantitative estimate of drug-likeness (QED) is 0.749. The number of urea groups is 1. The SMILES string of the molecule is CCC1SCC(C(=O)O)N1C(=O)NCC(CC)(CC)SC. The second-order valence-corrected chi connectivity index (χ2v) is 7.70. The van der Waals surface area contributed by atoms with Crippen LogP contribution in [0.2, 0.25) is 0 Å². The zero-order valence-electron chi connectivity index (χ0n) is 13.2. The molecule has 1 heterocycles. The number of carbonyl (C=O) groups excluding carboxylic acids is 1. The molecule has 2 N–H and O–H groups in total. The molecule has 2 unspecified atom stereocenters. The van der Waals surface area contributed by atoms with Crippen molar-refractivity contribution in [3.8, 4) is 0 Å². The van der Waals surface area contributed by atoms with Gasteiger partial charge in [-0.2, -0.15) is 11.8 Å². The molecule has 0 aliphatic carbocycles. The van der Waals surface area contributed by atoms with Crippen LogP contribution in [0.4, 0.5) is 4.79 Å². The van der Waals surface area contributed by atoms with Crippen LogP contribution in [0, 0.1) is 0 Å². The molecule has 0 spiro atoms. The van der Waals surface area contributed by atoms with Gasteiger partial charge in [-0.05, 0) is 25.5 Å². The Bertz CT molecular complexity index is 367. The van der Waals surface area contributed by atoms with Crippen LogP contribution in [0.15, 0.2) is 0 Å². The summed E-state index contributed by atoms with van der Waals surface area (Å²) in [4.78, 5) is 25.3. The molecule has 2 amide bonds. The molecular weight excluding hydrogens is 308 g/mol. The van der Waals surface area contributed by atoms with Crippen molar-refractivity contribution in [2.45, 2.75) is 56.2 Å². The molecule has 21 heavy (non-hydrogen) atoms. The van der Waals surface area contributed by atoms with Gasteiger partial charge in [0.2, 0.25) is 0 Å². The van der Waals surface area contributed by atoms with E-state index >= 15 is 0 Å². The highest BCUT2D eigenvalue weighted by atomic mass is 32.2. The van der Waals surface area contributed by atoms with E-state index in [1.807, 2.05) is 6.92 Å². The maximum atomic E-state index is 12.5. The number of aliphatic carboxylic acids is 1. The van der Waals surface area contributed by atoms with Crippen LogP contribution < -0.4 is 5.32 Å². The second kappa shape index (κ2) is 8.17. The van der Waals surface area contributed by atoms with Crippen molar-refractivity contribution in [3.63, 3.8) is 0 Å². The van der Waals surface area contributed by atoms with Gasteiger partial charge in [-0.25, -0.2) is 9.59 Å². The number of hydrogen-bond donors (Lipinski definition) is 2. The fourth-order valence-corrected chi connectivity index (χ4v) is 4.67. The highest BCUT2D eigenvalue weighted by Gasteiger charge is 2.41. The molecule has 0 aromatic heterocycles. The predicted molar refractivity (Wildman–Crippen MR) is 90.0 cm³/mol. The van der Waals surface area contributed by atoms with Crippen LogP contribution in [-0.4, -0.2) is 56.7 Å². The number of carbonyl (C=O) groups is 2. The van der Waals surface area contributed by atoms with E-state index in [9.17, 15) is 14.7 Å². The number of carboxylic acid groups (broad SMARTS) is 1. The molecule has 122 valence electrons. The fraction of sp³-hybridized carbons (Fsp3) is 0.857. The third-order valence-electron chi connectivity index (χ3n) is 4.24. The Balaban J connectivity index is 2.74. The number of nitrogens with one attached hydrogen (secondary N) is 1. The lowest BCUT2D eigenvalue weighted by Crippen LogP contribution is -2.52. The molecule has 0 bridgehead atoms. The molecule has 0 saturated carbocycles. The smallest absolute Gasteiger partial charge is 0.327 e. The summed E-state index contributed by atoms with van der Waals surface area (Å²) >= 11 is 3.31. The van der Waals surface area contributed by atoms with Crippen molar-refractivity contribution in [2.75, 3.05) is 18.6 Å². The van der Waals surface area contributed by atoms with Gasteiger partial charge in [0.1, 0.15) is 6.04 Å². The third kappa shape index (κ3) is 4.22. The van der Waals surface area contributed by atoms with Gasteiger partial charge in [0.25, 0.3) is 0 Å². The van der Waals surface area contributed by atoms with Gasteiger partial charge >= 0.3 is 12.0 Å². The monoisotopic (exact) mass is 334 g/mol. The lowest BCUT2D eigenvalue weighted by molar-refractivity contribution is -0.141. The highest BCUT2D eigenvalue weighted by molar-refractivity contribution is 8.00. The maximum absolute atomic E-state index is 12.5. The molecule has 1 aliphatic heterocycles. The van der Waals surface area contributed by atoms with Crippen LogP contribution >= 0.6 is 23.5 Å². The molecule has 1 rings (SSSR count). The molecule has 0 aromatic rings. The molecule has 1 aliphatic rings. The average Bonchev–Trinajstić information content (AvgIpc) is 2.93. The van der Waals surface area contributed by atoms with Crippen molar-refractivity contribution < 1.29 is 14.7 Å². The summed E-state index contributed by atoms with van der Waals surface area (Å²) in [6.07, 6.45) is 4.76. The number of nitrogens with zero attached hydrogens (tertiary/aromatic N) is 1. The molecule has 0 aromatic carbocycles. The molecule has 0 radical (unpaired) electrons. The van der Waals surface area contributed by atoms with E-state index in [1.54, 1.807) is 23.5 Å². The van der Waals surface area contributed by atoms with Crippen LogP contribution in [-0.2, 0) is 4.79 Å². The van der Waals surface area contributed by atoms with Gasteiger partial charge < -0.3 is 10.4 Å². The summed E-state index contributed by atoms with van der Waals surface area (Å²) in [7, 11) is 0. The van der Waals surface area contributed by atoms with Gasteiger partial charge in [0, 0.05) is 17.0 Å². The van der Waals surface area contributed by atoms with Crippen LogP contribution in [0.1, 0.15) is 40.0 Å². The number of amides is 2. The molecule has 1 saturated heterocycles. The number of hydrogen-bond acceptors (Lipinski definition) is 4. The lowest BCUT2D eigenvalue weighted by atomic mass is 10.0. The van der Waals surface area contributed by atoms with E-state index < -0.39 is 12.0 Å². The van der Waals surface area contributed by atoms with Gasteiger partial charge in [0.15, 0.2) is 0 Å². The Hall–Kier alpha value is -0.560. The Kier molecular flexibility index (Phi) is 7.20. The van der Waals surface area contributed by atoms with E-state index in [4.69, 9.17) is 0 Å². The Morgan fingerprint density at radius 3 is 2.43 bits per heavy atom. The lowest BCUT2D eigenvalue weighted by Gasteiger charge is -2.32. The summed E-state index contributed by atoms with van der Waals surface area (Å²) in [6, 6.07) is -0.966. The van der Waals surface area contributed by atoms with Gasteiger partial charge in [0.05, 0.1) is 5.37 Å². The number of carboxylic acids is 1. The van der Waals surface area contributed by atoms with Crippen molar-refractivity contribution >= 4 is 35.5 Å². The third-order valence-corrected chi connectivity index (χ3v) is 7.29. The first-order valence-corrected chi connectivity index (χ1v) is 9.67. The van der Waals surface area contributed by atoms with E-state index in [0.717, 1.165) is 19.3 Å². The molecular formula is C14H26N2O3S2. The highest BCUT2D eigenvalue weighted by Crippen LogP contribution is 2.32. The number of thioether (sulfide) groups is 2. The Labute approximate surface area is 135 Å². The Morgan fingerprint density at radius 1 is 1.38 bits per heavy atom. The van der Waals surface area contributed by atoms with E-state index in [1.165, 1.54) is 4.90 Å². The van der Waals surface area contributed by atoms with Crippen LogP contribution in [0.5, 0.6) is 0 Å². The van der Waals surface area contributed by atoms with Crippen molar-refractivity contribution in [1.82, 2.24) is 10.2 Å². The summed E-state index contributed by atoms with van der Waals surface area (Å²) < 4.78 is 0.0307. The Morgan fingerprint density at radius 2 is 2.00 bits per heavy atom. The van der Waals surface area contributed by atoms with Gasteiger partial charge in [-0.15, -0.1) is 11.8 Å². The molecule has 2 atom stereocenters. The van der Waals surface area contributed by atoms with Crippen molar-refractivity contribution in [2.24, 2.45) is 0 Å². The molecule has 7 heteroatoms. The minimum atomic E-state index is -0.921. The first-order valence-electron chi connectivity index (χ1n) is 7.40. The van der Waals surface area contributed by atoms with Crippen LogP contribution in [0.25, 0.3) is 0 Å². The van der Waals surface area contributed by atoms with Crippen LogP contribution in [0.3, 0.4) is 0 Å². The topological polar surface area (TPSA) is 69.6 Å². The molecule has 5 nitrogen and oxygen atoms in total. The summed E-state index contributed by atoms with van der Waals surface area (Å²) in [5, 5.41) is 12.2. The standard InChI is InChI=1S/C14H26N2O3S2/c1-5-11-16(10(8-21-11)12(17)18)13(19)15-9-14(6-2,7-3)20-4/h10-11H,5-9H2,1-4H3,(H,15,19)(H,17,18). The summed E-state index contributed by atoms with van der Waals surface area (Å²) in [6.45, 7) is 6.79. The minimum Gasteiger partial charge on any atom is -0.480 e. The fourth-order valence-electron chi connectivity index (χ4n) is 2.53. The van der Waals surface area contributed by atoms with E-state index in [-0.39, 0.29) is 16.2 Å². The minimum absolute atomic E-state index is 0.0307. The summed E-state index contributed by atoms with van der Waals surface area (Å²) in [5.74, 6) is -0.452. The second-order valence-electron chi connectivity index (χ2n) is 5.21. The normalized spacial score (nSPS) is 22.4. The van der Waals surface area contributed by atoms with Gasteiger partial charge in [-0.3, -0.25) is 4.90 Å². The average molecular weight is 335 g/mol. The van der Waals surface area contributed by atoms with Crippen molar-refractivity contribution in [3.05, 3.63) is 0 Å². The first kappa shape index (κ1) is 18.5. The largest absolute Gasteiger partial charge is 0.480 e. The van der Waals surface area contributed by atoms with Crippen molar-refractivity contribution in [1.29, 1.82) is 0 Å². The molecule has 1 fully saturated rings. The van der Waals surface area contributed by atoms with Gasteiger partial charge in [-0.1, -0.05) is 20.8 Å². The number of rotatable bonds is 7. The zero-order valence-corrected chi connectivity index (χ0v) is 14.9. The first-order chi connectivity index (χ1) is 9.94. The van der Waals surface area contributed by atoms with E-state index in [2.05, 4.69) is 25.4 Å². The van der Waals surface area contributed by atoms with E-state index in [0.29, 0.717) is 12.3 Å². The predicted octanol–water partition coefficient (Wildman–Crippen LogP) is 2.86. The maximum Gasteiger partial charge on any atom is 0.327 e. The summed E-state index contributed by atoms with van der Waals surface area (Å²) in [5.41, 5.74) is 0. The zero-order chi connectivity index (χ0) is 16.0.